The number of rotatable bonds is 14. The van der Waals surface area contributed by atoms with Gasteiger partial charge in [0.15, 0.2) is 11.5 Å². The lowest BCUT2D eigenvalue weighted by Crippen LogP contribution is -2.03. The van der Waals surface area contributed by atoms with Crippen molar-refractivity contribution < 1.29 is 23.7 Å². The van der Waals surface area contributed by atoms with E-state index in [2.05, 4.69) is 0 Å². The molecule has 5 heteroatoms. The van der Waals surface area contributed by atoms with E-state index >= 15 is 0 Å². The Balaban J connectivity index is 1.35. The van der Waals surface area contributed by atoms with Crippen molar-refractivity contribution >= 4 is 5.97 Å². The molecule has 26 heavy (non-hydrogen) atoms. The van der Waals surface area contributed by atoms with Gasteiger partial charge in [0.1, 0.15) is 0 Å². The molecule has 0 amide bonds. The number of hydrogen-bond donors (Lipinski definition) is 0. The average molecular weight is 364 g/mol. The monoisotopic (exact) mass is 364 g/mol. The van der Waals surface area contributed by atoms with Gasteiger partial charge in [0.05, 0.1) is 13.2 Å². The summed E-state index contributed by atoms with van der Waals surface area (Å²) in [5, 5.41) is 0. The highest BCUT2D eigenvalue weighted by molar-refractivity contribution is 5.68. The first-order chi connectivity index (χ1) is 12.8. The fourth-order valence-electron chi connectivity index (χ4n) is 2.88. The molecule has 0 fully saturated rings. The zero-order chi connectivity index (χ0) is 18.5. The molecule has 0 aromatic heterocycles. The maximum atomic E-state index is 11.0. The standard InChI is InChI=1S/C21H32O5/c1-2-21(22)24-14-10-8-6-4-3-5-7-9-13-23-16-18-11-12-19-20(15-18)26-17-25-19/h11-12,15H,2-10,13-14,16-17H2,1H3. The summed E-state index contributed by atoms with van der Waals surface area (Å²) < 4.78 is 21.5. The first-order valence-electron chi connectivity index (χ1n) is 9.91. The molecule has 1 heterocycles. The third kappa shape index (κ3) is 8.09. The van der Waals surface area contributed by atoms with Gasteiger partial charge in [-0.2, -0.15) is 0 Å². The van der Waals surface area contributed by atoms with E-state index in [1.165, 1.54) is 32.1 Å². The second-order valence-corrected chi connectivity index (χ2v) is 6.64. The number of carbonyl (C=O) groups is 1. The number of ether oxygens (including phenoxy) is 4. The van der Waals surface area contributed by atoms with E-state index in [4.69, 9.17) is 18.9 Å². The van der Waals surface area contributed by atoms with Crippen LogP contribution < -0.4 is 9.47 Å². The summed E-state index contributed by atoms with van der Waals surface area (Å²) in [6.45, 7) is 4.14. The summed E-state index contributed by atoms with van der Waals surface area (Å²) in [5.41, 5.74) is 1.12. The maximum Gasteiger partial charge on any atom is 0.305 e. The van der Waals surface area contributed by atoms with Gasteiger partial charge in [-0.05, 0) is 30.5 Å². The van der Waals surface area contributed by atoms with Crippen molar-refractivity contribution in [2.45, 2.75) is 71.3 Å². The highest BCUT2D eigenvalue weighted by Gasteiger charge is 2.12. The van der Waals surface area contributed by atoms with E-state index in [0.717, 1.165) is 42.9 Å². The molecular weight excluding hydrogens is 332 g/mol. The summed E-state index contributed by atoms with van der Waals surface area (Å²) in [6.07, 6.45) is 9.96. The Hall–Kier alpha value is -1.75. The molecule has 1 aliphatic rings. The highest BCUT2D eigenvalue weighted by atomic mass is 16.7. The second kappa shape index (κ2) is 12.6. The minimum atomic E-state index is -0.0919. The van der Waals surface area contributed by atoms with Gasteiger partial charge in [0.2, 0.25) is 6.79 Å². The number of esters is 1. The quantitative estimate of drug-likeness (QED) is 0.343. The third-order valence-electron chi connectivity index (χ3n) is 4.44. The molecule has 0 bridgehead atoms. The van der Waals surface area contributed by atoms with Crippen molar-refractivity contribution in [3.05, 3.63) is 23.8 Å². The molecule has 1 aromatic carbocycles. The Morgan fingerprint density at radius 3 is 2.31 bits per heavy atom. The lowest BCUT2D eigenvalue weighted by atomic mass is 10.1. The topological polar surface area (TPSA) is 54.0 Å². The fourth-order valence-corrected chi connectivity index (χ4v) is 2.88. The zero-order valence-corrected chi connectivity index (χ0v) is 16.0. The van der Waals surface area contributed by atoms with E-state index in [1.54, 1.807) is 0 Å². The van der Waals surface area contributed by atoms with Crippen LogP contribution in [0.4, 0.5) is 0 Å². The van der Waals surface area contributed by atoms with Gasteiger partial charge < -0.3 is 18.9 Å². The number of unbranched alkanes of at least 4 members (excludes halogenated alkanes) is 7. The van der Waals surface area contributed by atoms with Crippen molar-refractivity contribution in [1.82, 2.24) is 0 Å². The normalized spacial score (nSPS) is 12.3. The first kappa shape index (κ1) is 20.6. The molecule has 0 saturated heterocycles. The largest absolute Gasteiger partial charge is 0.466 e. The van der Waals surface area contributed by atoms with Crippen molar-refractivity contribution in [3.63, 3.8) is 0 Å². The Labute approximate surface area is 157 Å². The van der Waals surface area contributed by atoms with E-state index in [9.17, 15) is 4.79 Å². The predicted molar refractivity (Wildman–Crippen MR) is 100 cm³/mol. The number of benzene rings is 1. The molecule has 0 unspecified atom stereocenters. The Morgan fingerprint density at radius 1 is 0.923 bits per heavy atom. The lowest BCUT2D eigenvalue weighted by molar-refractivity contribution is -0.143. The van der Waals surface area contributed by atoms with Crippen LogP contribution in [0.1, 0.15) is 70.3 Å². The van der Waals surface area contributed by atoms with Crippen LogP contribution in [-0.4, -0.2) is 26.0 Å². The summed E-state index contributed by atoms with van der Waals surface area (Å²) in [5.74, 6) is 1.54. The third-order valence-corrected chi connectivity index (χ3v) is 4.44. The van der Waals surface area contributed by atoms with E-state index in [1.807, 2.05) is 25.1 Å². The molecule has 0 atom stereocenters. The van der Waals surface area contributed by atoms with Gasteiger partial charge in [-0.15, -0.1) is 0 Å². The number of fused-ring (bicyclic) bond motifs is 1. The lowest BCUT2D eigenvalue weighted by Gasteiger charge is -2.06. The SMILES string of the molecule is CCC(=O)OCCCCCCCCCCOCc1ccc2c(c1)OCO2. The molecule has 2 rings (SSSR count). The molecule has 0 N–H and O–H groups in total. The van der Waals surface area contributed by atoms with E-state index in [0.29, 0.717) is 26.4 Å². The Bertz CT molecular complexity index is 529. The predicted octanol–water partition coefficient (Wildman–Crippen LogP) is 5.01. The van der Waals surface area contributed by atoms with Crippen LogP contribution in [0.15, 0.2) is 18.2 Å². The van der Waals surface area contributed by atoms with Crippen LogP contribution >= 0.6 is 0 Å². The van der Waals surface area contributed by atoms with Gasteiger partial charge in [-0.1, -0.05) is 51.5 Å². The highest BCUT2D eigenvalue weighted by Crippen LogP contribution is 2.32. The van der Waals surface area contributed by atoms with Gasteiger partial charge >= 0.3 is 5.97 Å². The summed E-state index contributed by atoms with van der Waals surface area (Å²) in [7, 11) is 0. The Morgan fingerprint density at radius 2 is 1.58 bits per heavy atom. The summed E-state index contributed by atoms with van der Waals surface area (Å²) in [6, 6.07) is 5.96. The first-order valence-corrected chi connectivity index (χ1v) is 9.91. The van der Waals surface area contributed by atoms with E-state index in [-0.39, 0.29) is 5.97 Å². The van der Waals surface area contributed by atoms with Crippen LogP contribution in [-0.2, 0) is 20.9 Å². The minimum Gasteiger partial charge on any atom is -0.466 e. The molecule has 146 valence electrons. The molecule has 0 spiro atoms. The summed E-state index contributed by atoms with van der Waals surface area (Å²) >= 11 is 0. The second-order valence-electron chi connectivity index (χ2n) is 6.64. The smallest absolute Gasteiger partial charge is 0.305 e. The molecule has 0 saturated carbocycles. The molecule has 1 aliphatic heterocycles. The van der Waals surface area contributed by atoms with Gasteiger partial charge in [0, 0.05) is 13.0 Å². The molecule has 0 aliphatic carbocycles. The number of hydrogen-bond acceptors (Lipinski definition) is 5. The minimum absolute atomic E-state index is 0.0919. The van der Waals surface area contributed by atoms with Gasteiger partial charge in [-0.3, -0.25) is 4.79 Å². The maximum absolute atomic E-state index is 11.0. The number of carbonyl (C=O) groups excluding carboxylic acids is 1. The van der Waals surface area contributed by atoms with Crippen molar-refractivity contribution in [1.29, 1.82) is 0 Å². The molecular formula is C21H32O5. The van der Waals surface area contributed by atoms with Crippen molar-refractivity contribution in [2.24, 2.45) is 0 Å². The van der Waals surface area contributed by atoms with Crippen LogP contribution in [0.2, 0.25) is 0 Å². The van der Waals surface area contributed by atoms with Gasteiger partial charge in [-0.25, -0.2) is 0 Å². The molecule has 1 aromatic rings. The van der Waals surface area contributed by atoms with Crippen molar-refractivity contribution in [2.75, 3.05) is 20.0 Å². The summed E-state index contributed by atoms with van der Waals surface area (Å²) in [4.78, 5) is 11.0. The van der Waals surface area contributed by atoms with Crippen LogP contribution in [0.25, 0.3) is 0 Å². The molecule has 0 radical (unpaired) electrons. The fraction of sp³-hybridized carbons (Fsp3) is 0.667. The average Bonchev–Trinajstić information content (AvgIpc) is 3.13. The van der Waals surface area contributed by atoms with Crippen LogP contribution in [0.3, 0.4) is 0 Å². The van der Waals surface area contributed by atoms with E-state index < -0.39 is 0 Å². The zero-order valence-electron chi connectivity index (χ0n) is 16.0. The van der Waals surface area contributed by atoms with Crippen molar-refractivity contribution in [3.8, 4) is 11.5 Å². The van der Waals surface area contributed by atoms with Crippen LogP contribution in [0, 0.1) is 0 Å². The Kier molecular flexibility index (Phi) is 9.95. The van der Waals surface area contributed by atoms with Crippen LogP contribution in [0.5, 0.6) is 11.5 Å². The van der Waals surface area contributed by atoms with Gasteiger partial charge in [0.25, 0.3) is 0 Å². The molecule has 5 nitrogen and oxygen atoms in total.